The molecule has 0 amide bonds. The Morgan fingerprint density at radius 1 is 1.56 bits per heavy atom. The average Bonchev–Trinajstić information content (AvgIpc) is 1.63. The van der Waals surface area contributed by atoms with Gasteiger partial charge >= 0.3 is 0 Å². The van der Waals surface area contributed by atoms with Crippen LogP contribution in [0, 0.1) is 12.3 Å². The molecule has 0 saturated heterocycles. The highest BCUT2D eigenvalue weighted by atomic mass is 28.2. The minimum atomic E-state index is -0.404. The zero-order valence-corrected chi connectivity index (χ0v) is 7.81. The second kappa shape index (κ2) is 3.70. The lowest BCUT2D eigenvalue weighted by Crippen LogP contribution is -2.12. The lowest BCUT2D eigenvalue weighted by Gasteiger charge is -2.15. The van der Waals surface area contributed by atoms with E-state index in [9.17, 15) is 0 Å². The van der Waals surface area contributed by atoms with Gasteiger partial charge < -0.3 is 4.43 Å². The summed E-state index contributed by atoms with van der Waals surface area (Å²) in [4.78, 5) is 0. The predicted molar refractivity (Wildman–Crippen MR) is 43.0 cm³/mol. The SMILES string of the molecule is C#CCO[SiH2]C(C)(C)C. The first-order chi connectivity index (χ1) is 4.06. The van der Waals surface area contributed by atoms with Gasteiger partial charge in [-0.05, 0) is 5.04 Å². The number of hydrogen-bond acceptors (Lipinski definition) is 1. The van der Waals surface area contributed by atoms with Crippen LogP contribution in [0.3, 0.4) is 0 Å². The summed E-state index contributed by atoms with van der Waals surface area (Å²) in [6.07, 6.45) is 5.01. The van der Waals surface area contributed by atoms with E-state index in [1.165, 1.54) is 0 Å². The molecule has 1 nitrogen and oxygen atoms in total. The molecule has 0 N–H and O–H groups in total. The maximum atomic E-state index is 5.25. The van der Waals surface area contributed by atoms with Crippen LogP contribution in [0.1, 0.15) is 20.8 Å². The molecule has 0 bridgehead atoms. The van der Waals surface area contributed by atoms with Crippen LogP contribution in [0.4, 0.5) is 0 Å². The number of rotatable bonds is 2. The van der Waals surface area contributed by atoms with Crippen LogP contribution in [-0.4, -0.2) is 16.4 Å². The van der Waals surface area contributed by atoms with Crippen molar-refractivity contribution >= 4 is 9.76 Å². The van der Waals surface area contributed by atoms with Crippen LogP contribution >= 0.6 is 0 Å². The number of terminal acetylenes is 1. The van der Waals surface area contributed by atoms with Gasteiger partial charge in [0.05, 0.1) is 6.61 Å². The van der Waals surface area contributed by atoms with Crippen molar-refractivity contribution in [2.45, 2.75) is 25.8 Å². The van der Waals surface area contributed by atoms with Crippen LogP contribution in [0.15, 0.2) is 0 Å². The van der Waals surface area contributed by atoms with E-state index in [4.69, 9.17) is 10.8 Å². The first-order valence-electron chi connectivity index (χ1n) is 3.07. The zero-order chi connectivity index (χ0) is 7.33. The van der Waals surface area contributed by atoms with Gasteiger partial charge in [-0.25, -0.2) is 0 Å². The molecular formula is C7H14OSi. The van der Waals surface area contributed by atoms with E-state index in [0.717, 1.165) is 0 Å². The molecule has 0 aromatic rings. The van der Waals surface area contributed by atoms with Crippen LogP contribution < -0.4 is 0 Å². The smallest absolute Gasteiger partial charge is 0.168 e. The summed E-state index contributed by atoms with van der Waals surface area (Å²) in [5.74, 6) is 2.45. The molecule has 0 atom stereocenters. The Balaban J connectivity index is 3.20. The van der Waals surface area contributed by atoms with Gasteiger partial charge in [0.1, 0.15) is 0 Å². The van der Waals surface area contributed by atoms with Crippen molar-refractivity contribution in [2.75, 3.05) is 6.61 Å². The van der Waals surface area contributed by atoms with Crippen LogP contribution in [-0.2, 0) is 4.43 Å². The summed E-state index contributed by atoms with van der Waals surface area (Å²) in [5, 5.41) is 0.372. The molecule has 0 aromatic carbocycles. The van der Waals surface area contributed by atoms with Crippen LogP contribution in [0.5, 0.6) is 0 Å². The van der Waals surface area contributed by atoms with Crippen molar-refractivity contribution in [2.24, 2.45) is 0 Å². The van der Waals surface area contributed by atoms with Gasteiger partial charge in [-0.1, -0.05) is 26.7 Å². The molecule has 0 spiro atoms. The summed E-state index contributed by atoms with van der Waals surface area (Å²) >= 11 is 0. The lowest BCUT2D eigenvalue weighted by atomic mass is 10.3. The molecule has 0 aliphatic heterocycles. The predicted octanol–water partition coefficient (Wildman–Crippen LogP) is 0.938. The van der Waals surface area contributed by atoms with E-state index in [-0.39, 0.29) is 0 Å². The van der Waals surface area contributed by atoms with Crippen molar-refractivity contribution < 1.29 is 4.43 Å². The topological polar surface area (TPSA) is 9.23 Å². The van der Waals surface area contributed by atoms with Crippen molar-refractivity contribution in [3.63, 3.8) is 0 Å². The monoisotopic (exact) mass is 142 g/mol. The van der Waals surface area contributed by atoms with Gasteiger partial charge in [-0.15, -0.1) is 6.42 Å². The molecule has 0 rings (SSSR count). The Morgan fingerprint density at radius 3 is 2.44 bits per heavy atom. The third kappa shape index (κ3) is 7.74. The molecule has 0 saturated carbocycles. The molecule has 2 heteroatoms. The van der Waals surface area contributed by atoms with E-state index in [1.54, 1.807) is 0 Å². The van der Waals surface area contributed by atoms with Gasteiger partial charge in [-0.2, -0.15) is 0 Å². The van der Waals surface area contributed by atoms with Gasteiger partial charge in [-0.3, -0.25) is 0 Å². The largest absolute Gasteiger partial charge is 0.413 e. The van der Waals surface area contributed by atoms with Gasteiger partial charge in [0.15, 0.2) is 9.76 Å². The third-order valence-electron chi connectivity index (χ3n) is 0.720. The standard InChI is InChI=1S/C7H14OSi/c1-5-6-8-9-7(2,3)4/h1H,6,9H2,2-4H3. The molecule has 0 aliphatic rings. The Bertz CT molecular complexity index is 107. The Morgan fingerprint density at radius 2 is 2.11 bits per heavy atom. The van der Waals surface area contributed by atoms with E-state index in [2.05, 4.69) is 26.7 Å². The van der Waals surface area contributed by atoms with E-state index >= 15 is 0 Å². The molecule has 0 aromatic heterocycles. The summed E-state index contributed by atoms with van der Waals surface area (Å²) in [6, 6.07) is 0. The molecule has 52 valence electrons. The molecular weight excluding hydrogens is 128 g/mol. The van der Waals surface area contributed by atoms with E-state index in [0.29, 0.717) is 11.6 Å². The van der Waals surface area contributed by atoms with Gasteiger partial charge in [0, 0.05) is 0 Å². The molecule has 9 heavy (non-hydrogen) atoms. The highest BCUT2D eigenvalue weighted by molar-refractivity contribution is 6.31. The fourth-order valence-corrected chi connectivity index (χ4v) is 1.25. The first kappa shape index (κ1) is 8.74. The molecule has 0 heterocycles. The van der Waals surface area contributed by atoms with Gasteiger partial charge in [0.2, 0.25) is 0 Å². The van der Waals surface area contributed by atoms with Crippen LogP contribution in [0.2, 0.25) is 5.04 Å². The van der Waals surface area contributed by atoms with Crippen molar-refractivity contribution in [1.29, 1.82) is 0 Å². The third-order valence-corrected chi connectivity index (χ3v) is 1.99. The maximum absolute atomic E-state index is 5.25. The van der Waals surface area contributed by atoms with Gasteiger partial charge in [0.25, 0.3) is 0 Å². The summed E-state index contributed by atoms with van der Waals surface area (Å²) in [7, 11) is -0.404. The molecule has 0 radical (unpaired) electrons. The number of hydrogen-bond donors (Lipinski definition) is 0. The lowest BCUT2D eigenvalue weighted by molar-refractivity contribution is 0.373. The molecule has 0 aliphatic carbocycles. The quantitative estimate of drug-likeness (QED) is 0.317. The van der Waals surface area contributed by atoms with E-state index < -0.39 is 9.76 Å². The Hall–Kier alpha value is -0.263. The minimum Gasteiger partial charge on any atom is -0.413 e. The average molecular weight is 142 g/mol. The first-order valence-corrected chi connectivity index (χ1v) is 4.36. The molecule has 0 fully saturated rings. The normalized spacial score (nSPS) is 12.2. The van der Waals surface area contributed by atoms with Crippen molar-refractivity contribution in [3.05, 3.63) is 0 Å². The zero-order valence-electron chi connectivity index (χ0n) is 6.40. The summed E-state index contributed by atoms with van der Waals surface area (Å²) in [6.45, 7) is 7.02. The van der Waals surface area contributed by atoms with Crippen molar-refractivity contribution in [3.8, 4) is 12.3 Å². The second-order valence-corrected chi connectivity index (χ2v) is 6.08. The summed E-state index contributed by atoms with van der Waals surface area (Å²) in [5.41, 5.74) is 0. The Labute approximate surface area is 59.7 Å². The molecule has 0 unspecified atom stereocenters. The fourth-order valence-electron chi connectivity index (χ4n) is 0.416. The fraction of sp³-hybridized carbons (Fsp3) is 0.714. The highest BCUT2D eigenvalue weighted by Gasteiger charge is 2.10. The highest BCUT2D eigenvalue weighted by Crippen LogP contribution is 2.19. The van der Waals surface area contributed by atoms with Crippen LogP contribution in [0.25, 0.3) is 0 Å². The maximum Gasteiger partial charge on any atom is 0.168 e. The van der Waals surface area contributed by atoms with Crippen molar-refractivity contribution in [1.82, 2.24) is 0 Å². The Kier molecular flexibility index (Phi) is 3.60. The summed E-state index contributed by atoms with van der Waals surface area (Å²) < 4.78 is 5.25. The second-order valence-electron chi connectivity index (χ2n) is 3.26. The minimum absolute atomic E-state index is 0.372. The van der Waals surface area contributed by atoms with E-state index in [1.807, 2.05) is 0 Å².